The van der Waals surface area contributed by atoms with Crippen LogP contribution in [0.2, 0.25) is 0 Å². The van der Waals surface area contributed by atoms with Crippen molar-refractivity contribution in [3.8, 4) is 0 Å². The quantitative estimate of drug-likeness (QED) is 0.300. The van der Waals surface area contributed by atoms with Gasteiger partial charge in [-0.15, -0.1) is 0 Å². The molecule has 1 aliphatic rings. The molecule has 1 saturated heterocycles. The van der Waals surface area contributed by atoms with E-state index < -0.39 is 40.6 Å². The van der Waals surface area contributed by atoms with Crippen LogP contribution in [0.3, 0.4) is 0 Å². The van der Waals surface area contributed by atoms with E-state index in [0.29, 0.717) is 18.1 Å². The molecule has 1 rings (SSSR count). The zero-order chi connectivity index (χ0) is 13.7. The molecule has 1 fully saturated rings. The van der Waals surface area contributed by atoms with Crippen LogP contribution < -0.4 is 12.4 Å². The summed E-state index contributed by atoms with van der Waals surface area (Å²) in [6.07, 6.45) is -3.30. The van der Waals surface area contributed by atoms with Crippen LogP contribution in [0.1, 0.15) is 6.92 Å². The molecule has 6 atom stereocenters. The van der Waals surface area contributed by atoms with Gasteiger partial charge in [-0.05, 0) is 6.92 Å². The van der Waals surface area contributed by atoms with Crippen LogP contribution in [0.25, 0.3) is 0 Å². The Hall–Kier alpha value is 0.400. The van der Waals surface area contributed by atoms with Crippen molar-refractivity contribution in [2.24, 2.45) is 0 Å². The van der Waals surface area contributed by atoms with Crippen molar-refractivity contribution in [2.45, 2.75) is 36.6 Å². The first-order valence-corrected chi connectivity index (χ1v) is 7.71. The molecule has 0 aromatic carbocycles. The van der Waals surface area contributed by atoms with Crippen molar-refractivity contribution in [1.29, 1.82) is 0 Å². The summed E-state index contributed by atoms with van der Waals surface area (Å²) in [5.74, 6) is 0.679. The first-order chi connectivity index (χ1) is 8.54. The van der Waals surface area contributed by atoms with Gasteiger partial charge in [-0.1, -0.05) is 0 Å². The Balaban J connectivity index is 0.00000324. The van der Waals surface area contributed by atoms with E-state index in [1.54, 1.807) is 6.92 Å². The molecule has 1 heterocycles. The number of aliphatic hydroxyl groups excluding tert-OH is 5. The summed E-state index contributed by atoms with van der Waals surface area (Å²) in [6.45, 7) is 1.68. The molecular formula is C11H23ClO6S. The van der Waals surface area contributed by atoms with Gasteiger partial charge in [0.1, 0.15) is 35.9 Å². The second kappa shape index (κ2) is 9.36. The first-order valence-electron chi connectivity index (χ1n) is 6.08. The third-order valence-electron chi connectivity index (χ3n) is 3.14. The summed E-state index contributed by atoms with van der Waals surface area (Å²) in [6, 6.07) is 0. The van der Waals surface area contributed by atoms with Crippen molar-refractivity contribution in [1.82, 2.24) is 0 Å². The normalized spacial score (nSPS) is 33.8. The molecule has 5 N–H and O–H groups in total. The summed E-state index contributed by atoms with van der Waals surface area (Å²) in [7, 11) is -0.472. The van der Waals surface area contributed by atoms with Crippen LogP contribution in [-0.2, 0) is 15.6 Å². The van der Waals surface area contributed by atoms with E-state index in [0.717, 1.165) is 0 Å². The van der Waals surface area contributed by atoms with Gasteiger partial charge in [0.2, 0.25) is 0 Å². The van der Waals surface area contributed by atoms with E-state index in [2.05, 4.69) is 0 Å². The average molecular weight is 319 g/mol. The fourth-order valence-corrected chi connectivity index (χ4v) is 4.82. The lowest BCUT2D eigenvalue weighted by molar-refractivity contribution is -0.0500. The van der Waals surface area contributed by atoms with Gasteiger partial charge in [-0.3, -0.25) is 0 Å². The molecular weight excluding hydrogens is 296 g/mol. The minimum Gasteiger partial charge on any atom is -1.00 e. The third-order valence-corrected chi connectivity index (χ3v) is 5.97. The monoisotopic (exact) mass is 318 g/mol. The largest absolute Gasteiger partial charge is 1.00 e. The fourth-order valence-electron chi connectivity index (χ4n) is 2.12. The predicted molar refractivity (Wildman–Crippen MR) is 68.5 cm³/mol. The fraction of sp³-hybridized carbons (Fsp3) is 1.00. The van der Waals surface area contributed by atoms with E-state index in [-0.39, 0.29) is 25.6 Å². The Kier molecular flexibility index (Phi) is 9.55. The number of halogens is 1. The third kappa shape index (κ3) is 5.02. The molecule has 0 saturated carbocycles. The molecule has 0 spiro atoms. The van der Waals surface area contributed by atoms with Crippen molar-refractivity contribution < 1.29 is 42.7 Å². The Morgan fingerprint density at radius 1 is 1.32 bits per heavy atom. The smallest absolute Gasteiger partial charge is 0.169 e. The van der Waals surface area contributed by atoms with Crippen LogP contribution >= 0.6 is 0 Å². The zero-order valence-electron chi connectivity index (χ0n) is 10.9. The zero-order valence-corrected chi connectivity index (χ0v) is 12.4. The van der Waals surface area contributed by atoms with Gasteiger partial charge in [0.05, 0.1) is 13.2 Å². The summed E-state index contributed by atoms with van der Waals surface area (Å²) in [5.41, 5.74) is 0. The second-order valence-electron chi connectivity index (χ2n) is 4.39. The maximum Gasteiger partial charge on any atom is 0.169 e. The summed E-state index contributed by atoms with van der Waals surface area (Å²) >= 11 is 0. The van der Waals surface area contributed by atoms with Gasteiger partial charge in [-0.2, -0.15) is 0 Å². The van der Waals surface area contributed by atoms with Crippen LogP contribution in [0.4, 0.5) is 0 Å². The molecule has 116 valence electrons. The molecule has 0 aromatic rings. The van der Waals surface area contributed by atoms with E-state index in [9.17, 15) is 20.4 Å². The molecule has 0 bridgehead atoms. The van der Waals surface area contributed by atoms with Crippen molar-refractivity contribution in [2.75, 3.05) is 31.3 Å². The van der Waals surface area contributed by atoms with Crippen LogP contribution in [0.15, 0.2) is 0 Å². The Labute approximate surface area is 122 Å². The summed E-state index contributed by atoms with van der Waals surface area (Å²) in [5, 5.41) is 47.1. The maximum absolute atomic E-state index is 9.96. The molecule has 0 aliphatic carbocycles. The van der Waals surface area contributed by atoms with Crippen LogP contribution in [0.5, 0.6) is 0 Å². The van der Waals surface area contributed by atoms with E-state index in [1.165, 1.54) is 0 Å². The standard InChI is InChI=1S/C11H23O6S.ClH/c1-2-17-9(3-12)7(14)5-18-6-8(15)11(16)10(18)4-13;/h7-16H,2-6H2,1H3;1H/q+1;/p-1/t7?,8-,9+,10-,11+,18?;/m1./s1. The molecule has 2 unspecified atom stereocenters. The molecule has 8 heteroatoms. The summed E-state index contributed by atoms with van der Waals surface area (Å²) in [4.78, 5) is 0. The molecule has 1 aliphatic heterocycles. The Morgan fingerprint density at radius 2 is 1.95 bits per heavy atom. The number of hydrogen-bond donors (Lipinski definition) is 5. The highest BCUT2D eigenvalue weighted by Crippen LogP contribution is 2.25. The van der Waals surface area contributed by atoms with E-state index in [4.69, 9.17) is 9.84 Å². The van der Waals surface area contributed by atoms with Gasteiger partial charge >= 0.3 is 0 Å². The average Bonchev–Trinajstić information content (AvgIpc) is 2.61. The SMILES string of the molecule is CCO[C@@H](CO)C(O)C[S+]1C[C@@H](O)[C@H](O)[C@H]1CO.[Cl-]. The predicted octanol–water partition coefficient (Wildman–Crippen LogP) is -5.54. The van der Waals surface area contributed by atoms with Gasteiger partial charge in [-0.25, -0.2) is 0 Å². The lowest BCUT2D eigenvalue weighted by Crippen LogP contribution is -3.00. The molecule has 0 amide bonds. The van der Waals surface area contributed by atoms with Crippen molar-refractivity contribution in [3.05, 3.63) is 0 Å². The number of rotatable bonds is 7. The van der Waals surface area contributed by atoms with Crippen molar-refractivity contribution >= 4 is 10.9 Å². The second-order valence-corrected chi connectivity index (χ2v) is 6.74. The maximum atomic E-state index is 9.96. The number of ether oxygens (including phenoxy) is 1. The molecule has 0 radical (unpaired) electrons. The highest BCUT2D eigenvalue weighted by atomic mass is 35.5. The minimum absolute atomic E-state index is 0. The van der Waals surface area contributed by atoms with Crippen LogP contribution in [0, 0.1) is 0 Å². The lowest BCUT2D eigenvalue weighted by Gasteiger charge is -2.21. The van der Waals surface area contributed by atoms with Crippen molar-refractivity contribution in [3.63, 3.8) is 0 Å². The minimum atomic E-state index is -0.940. The molecule has 0 aromatic heterocycles. The number of hydrogen-bond acceptors (Lipinski definition) is 6. The Bertz CT molecular complexity index is 247. The lowest BCUT2D eigenvalue weighted by atomic mass is 10.2. The van der Waals surface area contributed by atoms with Gasteiger partial charge in [0, 0.05) is 17.5 Å². The highest BCUT2D eigenvalue weighted by Gasteiger charge is 2.50. The molecule has 6 nitrogen and oxygen atoms in total. The molecule has 19 heavy (non-hydrogen) atoms. The highest BCUT2D eigenvalue weighted by molar-refractivity contribution is 7.97. The summed E-state index contributed by atoms with van der Waals surface area (Å²) < 4.78 is 5.20. The van der Waals surface area contributed by atoms with Crippen LogP contribution in [-0.4, -0.2) is 86.5 Å². The Morgan fingerprint density at radius 3 is 2.42 bits per heavy atom. The van der Waals surface area contributed by atoms with Gasteiger partial charge in [0.25, 0.3) is 0 Å². The number of aliphatic hydroxyl groups is 5. The van der Waals surface area contributed by atoms with Gasteiger partial charge in [0.15, 0.2) is 5.25 Å². The van der Waals surface area contributed by atoms with E-state index in [1.807, 2.05) is 0 Å². The van der Waals surface area contributed by atoms with Gasteiger partial charge < -0.3 is 42.7 Å². The topological polar surface area (TPSA) is 110 Å². The first kappa shape index (κ1) is 19.4. The van der Waals surface area contributed by atoms with E-state index >= 15 is 0 Å².